The average Bonchev–Trinajstić information content (AvgIpc) is 2.85. The summed E-state index contributed by atoms with van der Waals surface area (Å²) in [5, 5.41) is 17.8. The number of carbonyl (C=O) groups excluding carboxylic acids is 1. The third kappa shape index (κ3) is 3.72. The maximum absolute atomic E-state index is 13.3. The molecule has 5 aromatic rings. The summed E-state index contributed by atoms with van der Waals surface area (Å²) >= 11 is 0. The fourth-order valence-corrected chi connectivity index (χ4v) is 4.07. The number of benzene rings is 4. The van der Waals surface area contributed by atoms with Crippen LogP contribution < -0.4 is 5.32 Å². The van der Waals surface area contributed by atoms with Crippen molar-refractivity contribution in [3.63, 3.8) is 0 Å². The number of carbonyl (C=O) groups is 1. The van der Waals surface area contributed by atoms with Gasteiger partial charge in [0.1, 0.15) is 0 Å². The highest BCUT2D eigenvalue weighted by Crippen LogP contribution is 2.30. The molecule has 1 heterocycles. The molecule has 4 heteroatoms. The first-order chi connectivity index (χ1) is 15.6. The highest BCUT2D eigenvalue weighted by Gasteiger charge is 2.38. The van der Waals surface area contributed by atoms with Gasteiger partial charge >= 0.3 is 0 Å². The maximum atomic E-state index is 13.3. The lowest BCUT2D eigenvalue weighted by molar-refractivity contribution is -0.135. The average molecular weight is 418 g/mol. The minimum atomic E-state index is -1.77. The Kier molecular flexibility index (Phi) is 5.13. The number of anilines is 1. The third-order valence-corrected chi connectivity index (χ3v) is 5.75. The van der Waals surface area contributed by atoms with Gasteiger partial charge in [-0.25, -0.2) is 0 Å². The second-order valence-electron chi connectivity index (χ2n) is 7.88. The second-order valence-corrected chi connectivity index (χ2v) is 7.88. The van der Waals surface area contributed by atoms with Crippen LogP contribution in [0.3, 0.4) is 0 Å². The van der Waals surface area contributed by atoms with Crippen LogP contribution in [0.5, 0.6) is 0 Å². The first-order valence-electron chi connectivity index (χ1n) is 10.6. The molecule has 32 heavy (non-hydrogen) atoms. The molecule has 0 aliphatic rings. The van der Waals surface area contributed by atoms with Gasteiger partial charge in [-0.05, 0) is 40.6 Å². The van der Waals surface area contributed by atoms with Crippen molar-refractivity contribution in [1.29, 1.82) is 0 Å². The number of para-hydroxylation sites is 1. The largest absolute Gasteiger partial charge is 0.375 e. The van der Waals surface area contributed by atoms with Crippen molar-refractivity contribution >= 4 is 33.3 Å². The van der Waals surface area contributed by atoms with E-state index in [0.717, 1.165) is 21.7 Å². The SMILES string of the molecule is O=C(Nc1ccccc1)C(O)(Cc1ccc2c(ccc3ccccc32)n1)c1ccccc1. The van der Waals surface area contributed by atoms with Crippen molar-refractivity contribution in [3.8, 4) is 0 Å². The molecule has 0 radical (unpaired) electrons. The molecule has 2 N–H and O–H groups in total. The van der Waals surface area contributed by atoms with Gasteiger partial charge in [0.25, 0.3) is 5.91 Å². The molecule has 4 nitrogen and oxygen atoms in total. The molecular weight excluding hydrogens is 396 g/mol. The number of nitrogens with zero attached hydrogens (tertiary/aromatic N) is 1. The number of aliphatic hydroxyl groups is 1. The number of aromatic nitrogens is 1. The standard InChI is InChI=1S/C28H22N2O2/c31-27(30-22-12-5-2-6-13-22)28(32,21-10-3-1-4-11-21)19-23-16-17-25-24-14-8-7-9-20(24)15-18-26(25)29-23/h1-18,32H,19H2,(H,30,31). The number of pyridine rings is 1. The molecule has 1 atom stereocenters. The molecule has 1 unspecified atom stereocenters. The zero-order chi connectivity index (χ0) is 22.0. The van der Waals surface area contributed by atoms with Crippen LogP contribution in [0.25, 0.3) is 21.7 Å². The van der Waals surface area contributed by atoms with Crippen LogP contribution in [0.1, 0.15) is 11.3 Å². The Hall–Kier alpha value is -4.02. The zero-order valence-electron chi connectivity index (χ0n) is 17.4. The van der Waals surface area contributed by atoms with Crippen molar-refractivity contribution < 1.29 is 9.90 Å². The molecule has 1 aromatic heterocycles. The summed E-state index contributed by atoms with van der Waals surface area (Å²) in [6.45, 7) is 0. The highest BCUT2D eigenvalue weighted by atomic mass is 16.3. The molecule has 0 bridgehead atoms. The molecule has 0 spiro atoms. The summed E-state index contributed by atoms with van der Waals surface area (Å²) in [7, 11) is 0. The van der Waals surface area contributed by atoms with Gasteiger partial charge in [0, 0.05) is 23.2 Å². The van der Waals surface area contributed by atoms with Crippen LogP contribution in [0.4, 0.5) is 5.69 Å². The van der Waals surface area contributed by atoms with Crippen LogP contribution in [-0.4, -0.2) is 16.0 Å². The van der Waals surface area contributed by atoms with Crippen LogP contribution in [0, 0.1) is 0 Å². The van der Waals surface area contributed by atoms with Gasteiger partial charge in [0.05, 0.1) is 5.52 Å². The zero-order valence-corrected chi connectivity index (χ0v) is 17.4. The van der Waals surface area contributed by atoms with E-state index >= 15 is 0 Å². The van der Waals surface area contributed by atoms with Crippen molar-refractivity contribution in [1.82, 2.24) is 4.98 Å². The number of hydrogen-bond donors (Lipinski definition) is 2. The Labute approximate surface area is 186 Å². The molecule has 0 saturated carbocycles. The van der Waals surface area contributed by atoms with E-state index in [4.69, 9.17) is 4.98 Å². The summed E-state index contributed by atoms with van der Waals surface area (Å²) < 4.78 is 0. The fraction of sp³-hybridized carbons (Fsp3) is 0.0714. The number of hydrogen-bond acceptors (Lipinski definition) is 3. The molecule has 4 aromatic carbocycles. The smallest absolute Gasteiger partial charge is 0.261 e. The molecule has 0 aliphatic carbocycles. The highest BCUT2D eigenvalue weighted by molar-refractivity contribution is 6.06. The first-order valence-corrected chi connectivity index (χ1v) is 10.6. The maximum Gasteiger partial charge on any atom is 0.261 e. The summed E-state index contributed by atoms with van der Waals surface area (Å²) in [6, 6.07) is 34.3. The van der Waals surface area contributed by atoms with Gasteiger partial charge < -0.3 is 10.4 Å². The molecule has 1 amide bonds. The predicted octanol–water partition coefficient (Wildman–Crippen LogP) is 5.46. The monoisotopic (exact) mass is 418 g/mol. The summed E-state index contributed by atoms with van der Waals surface area (Å²) in [4.78, 5) is 18.1. The van der Waals surface area contributed by atoms with Gasteiger partial charge in [-0.1, -0.05) is 84.9 Å². The summed E-state index contributed by atoms with van der Waals surface area (Å²) in [5.74, 6) is -0.490. The van der Waals surface area contributed by atoms with Gasteiger partial charge in [-0.3, -0.25) is 9.78 Å². The Morgan fingerprint density at radius 1 is 0.750 bits per heavy atom. The number of nitrogens with one attached hydrogen (secondary N) is 1. The van der Waals surface area contributed by atoms with Crippen molar-refractivity contribution in [2.24, 2.45) is 0 Å². The van der Waals surface area contributed by atoms with E-state index in [-0.39, 0.29) is 6.42 Å². The lowest BCUT2D eigenvalue weighted by atomic mass is 9.87. The summed E-state index contributed by atoms with van der Waals surface area (Å²) in [6.07, 6.45) is 0.0540. The number of rotatable bonds is 5. The van der Waals surface area contributed by atoms with Gasteiger partial charge in [0.2, 0.25) is 0 Å². The van der Waals surface area contributed by atoms with E-state index in [1.165, 1.54) is 0 Å². The van der Waals surface area contributed by atoms with E-state index in [1.54, 1.807) is 24.3 Å². The van der Waals surface area contributed by atoms with E-state index in [2.05, 4.69) is 17.4 Å². The predicted molar refractivity (Wildman–Crippen MR) is 128 cm³/mol. The Morgan fingerprint density at radius 3 is 2.22 bits per heavy atom. The third-order valence-electron chi connectivity index (χ3n) is 5.75. The Bertz CT molecular complexity index is 1400. The van der Waals surface area contributed by atoms with E-state index in [9.17, 15) is 9.90 Å². The lowest BCUT2D eigenvalue weighted by Gasteiger charge is -2.27. The van der Waals surface area contributed by atoms with Crippen LogP contribution in [0.2, 0.25) is 0 Å². The topological polar surface area (TPSA) is 62.2 Å². The van der Waals surface area contributed by atoms with Crippen molar-refractivity contribution in [2.45, 2.75) is 12.0 Å². The van der Waals surface area contributed by atoms with Gasteiger partial charge in [-0.2, -0.15) is 0 Å². The molecular formula is C28H22N2O2. The molecule has 156 valence electrons. The Morgan fingerprint density at radius 2 is 1.44 bits per heavy atom. The van der Waals surface area contributed by atoms with Gasteiger partial charge in [0.15, 0.2) is 5.60 Å². The number of fused-ring (bicyclic) bond motifs is 3. The van der Waals surface area contributed by atoms with E-state index < -0.39 is 11.5 Å². The quantitative estimate of drug-likeness (QED) is 0.373. The minimum absolute atomic E-state index is 0.0540. The van der Waals surface area contributed by atoms with E-state index in [1.807, 2.05) is 72.8 Å². The molecule has 5 rings (SSSR count). The molecule has 0 saturated heterocycles. The normalized spacial score (nSPS) is 13.0. The lowest BCUT2D eigenvalue weighted by Crippen LogP contribution is -2.42. The van der Waals surface area contributed by atoms with Crippen molar-refractivity contribution in [2.75, 3.05) is 5.32 Å². The van der Waals surface area contributed by atoms with Gasteiger partial charge in [-0.15, -0.1) is 0 Å². The molecule has 0 aliphatic heterocycles. The van der Waals surface area contributed by atoms with Crippen molar-refractivity contribution in [3.05, 3.63) is 120 Å². The second kappa shape index (κ2) is 8.25. The molecule has 0 fully saturated rings. The number of amides is 1. The Balaban J connectivity index is 1.54. The van der Waals surface area contributed by atoms with Crippen LogP contribution in [-0.2, 0) is 16.8 Å². The van der Waals surface area contributed by atoms with E-state index in [0.29, 0.717) is 16.9 Å². The summed E-state index contributed by atoms with van der Waals surface area (Å²) in [5.41, 5.74) is 0.857. The first kappa shape index (κ1) is 19.9. The van der Waals surface area contributed by atoms with Crippen LogP contribution >= 0.6 is 0 Å². The van der Waals surface area contributed by atoms with Crippen LogP contribution in [0.15, 0.2) is 109 Å². The minimum Gasteiger partial charge on any atom is -0.375 e. The fourth-order valence-electron chi connectivity index (χ4n) is 4.07.